The van der Waals surface area contributed by atoms with E-state index in [-0.39, 0.29) is 23.2 Å². The molecule has 23 heavy (non-hydrogen) atoms. The normalized spacial score (nSPS) is 21.5. The van der Waals surface area contributed by atoms with Gasteiger partial charge in [0.15, 0.2) is 5.82 Å². The molecule has 2 atom stereocenters. The van der Waals surface area contributed by atoms with E-state index in [2.05, 4.69) is 19.9 Å². The van der Waals surface area contributed by atoms with Gasteiger partial charge in [0, 0.05) is 7.11 Å². The Balaban J connectivity index is 1.96. The third kappa shape index (κ3) is 3.06. The Morgan fingerprint density at radius 1 is 1.39 bits per heavy atom. The number of nitrogens with one attached hydrogen (secondary N) is 2. The zero-order chi connectivity index (χ0) is 16.4. The maximum atomic E-state index is 14.2. The maximum Gasteiger partial charge on any atom is 0.238 e. The van der Waals surface area contributed by atoms with Crippen molar-refractivity contribution in [3.05, 3.63) is 30.3 Å². The smallest absolute Gasteiger partial charge is 0.238 e. The highest BCUT2D eigenvalue weighted by Gasteiger charge is 2.38. The van der Waals surface area contributed by atoms with Crippen LogP contribution in [0.3, 0.4) is 0 Å². The number of rotatable bonds is 5. The van der Waals surface area contributed by atoms with Crippen molar-refractivity contribution < 1.29 is 17.5 Å². The molecule has 0 bridgehead atoms. The first-order valence-corrected chi connectivity index (χ1v) is 8.76. The summed E-state index contributed by atoms with van der Waals surface area (Å²) in [5.74, 6) is -0.424. The highest BCUT2D eigenvalue weighted by molar-refractivity contribution is 7.93. The number of hydrogen-bond acceptors (Lipinski definition) is 5. The number of nitrogens with zero attached hydrogens (tertiary/aromatic N) is 2. The molecule has 1 aromatic heterocycles. The quantitative estimate of drug-likeness (QED) is 0.867. The van der Waals surface area contributed by atoms with E-state index in [1.807, 2.05) is 0 Å². The summed E-state index contributed by atoms with van der Waals surface area (Å²) in [5.41, 5.74) is 0.170. The van der Waals surface area contributed by atoms with Crippen LogP contribution >= 0.6 is 0 Å². The summed E-state index contributed by atoms with van der Waals surface area (Å²) in [6.07, 6.45) is 2.87. The molecule has 1 aliphatic rings. The van der Waals surface area contributed by atoms with E-state index >= 15 is 0 Å². The van der Waals surface area contributed by atoms with Crippen LogP contribution in [0.25, 0.3) is 11.4 Å². The van der Waals surface area contributed by atoms with Gasteiger partial charge in [0.25, 0.3) is 0 Å². The van der Waals surface area contributed by atoms with Crippen molar-refractivity contribution in [2.45, 2.75) is 30.6 Å². The van der Waals surface area contributed by atoms with Gasteiger partial charge in [-0.25, -0.2) is 17.8 Å². The highest BCUT2D eigenvalue weighted by atomic mass is 32.2. The lowest BCUT2D eigenvalue weighted by Crippen LogP contribution is -2.35. The zero-order valence-electron chi connectivity index (χ0n) is 12.5. The Hall–Kier alpha value is -2.00. The molecule has 1 aromatic carbocycles. The molecule has 2 N–H and O–H groups in total. The van der Waals surface area contributed by atoms with E-state index in [9.17, 15) is 12.8 Å². The van der Waals surface area contributed by atoms with Crippen molar-refractivity contribution in [1.29, 1.82) is 0 Å². The molecule has 1 aliphatic carbocycles. The topological polar surface area (TPSA) is 97.0 Å². The second-order valence-corrected chi connectivity index (χ2v) is 7.29. The number of aromatic nitrogens is 3. The number of sulfonamides is 1. The van der Waals surface area contributed by atoms with Crippen LogP contribution in [-0.4, -0.2) is 42.1 Å². The van der Waals surface area contributed by atoms with E-state index in [0.29, 0.717) is 12.8 Å². The van der Waals surface area contributed by atoms with Gasteiger partial charge in [-0.05, 0) is 31.4 Å². The number of aromatic amines is 1. The van der Waals surface area contributed by atoms with Gasteiger partial charge in [0.05, 0.1) is 17.4 Å². The summed E-state index contributed by atoms with van der Waals surface area (Å²) in [6.45, 7) is 0. The molecule has 0 aliphatic heterocycles. The first kappa shape index (κ1) is 15.9. The minimum absolute atomic E-state index is 0.0422. The van der Waals surface area contributed by atoms with Crippen LogP contribution in [0, 0.1) is 5.82 Å². The second-order valence-electron chi connectivity index (χ2n) is 5.39. The maximum absolute atomic E-state index is 14.2. The molecule has 124 valence electrons. The Kier molecular flexibility index (Phi) is 4.31. The number of benzene rings is 1. The van der Waals surface area contributed by atoms with Gasteiger partial charge in [-0.3, -0.25) is 9.82 Å². The molecular weight excluding hydrogens is 323 g/mol. The SMILES string of the molecule is COC1CCCC1S(=O)(=O)Nc1cccc(F)c1-c1ncn[nH]1. The van der Waals surface area contributed by atoms with E-state index in [4.69, 9.17) is 4.74 Å². The molecule has 0 spiro atoms. The third-order valence-corrected chi connectivity index (χ3v) is 5.85. The Morgan fingerprint density at radius 3 is 2.91 bits per heavy atom. The lowest BCUT2D eigenvalue weighted by atomic mass is 10.1. The summed E-state index contributed by atoms with van der Waals surface area (Å²) in [6, 6.07) is 4.17. The summed E-state index contributed by atoms with van der Waals surface area (Å²) in [7, 11) is -2.21. The van der Waals surface area contributed by atoms with Crippen molar-refractivity contribution in [2.75, 3.05) is 11.8 Å². The van der Waals surface area contributed by atoms with Crippen LogP contribution in [0.15, 0.2) is 24.5 Å². The van der Waals surface area contributed by atoms with Crippen LogP contribution in [-0.2, 0) is 14.8 Å². The van der Waals surface area contributed by atoms with E-state index in [0.717, 1.165) is 6.42 Å². The molecule has 9 heteroatoms. The number of H-pyrrole nitrogens is 1. The van der Waals surface area contributed by atoms with Crippen molar-refractivity contribution in [1.82, 2.24) is 15.2 Å². The number of methoxy groups -OCH3 is 1. The minimum atomic E-state index is -3.71. The van der Waals surface area contributed by atoms with Crippen molar-refractivity contribution in [3.8, 4) is 11.4 Å². The van der Waals surface area contributed by atoms with Crippen molar-refractivity contribution >= 4 is 15.7 Å². The lowest BCUT2D eigenvalue weighted by Gasteiger charge is -2.20. The zero-order valence-corrected chi connectivity index (χ0v) is 13.3. The highest BCUT2D eigenvalue weighted by Crippen LogP contribution is 2.32. The van der Waals surface area contributed by atoms with E-state index in [1.165, 1.54) is 31.6 Å². The molecule has 2 unspecified atom stereocenters. The van der Waals surface area contributed by atoms with E-state index < -0.39 is 21.1 Å². The molecule has 1 saturated carbocycles. The number of anilines is 1. The third-order valence-electron chi connectivity index (χ3n) is 4.01. The van der Waals surface area contributed by atoms with Crippen LogP contribution in [0.2, 0.25) is 0 Å². The minimum Gasteiger partial charge on any atom is -0.380 e. The molecule has 0 saturated heterocycles. The molecule has 3 rings (SSSR count). The van der Waals surface area contributed by atoms with Gasteiger partial charge < -0.3 is 4.74 Å². The predicted octanol–water partition coefficient (Wildman–Crippen LogP) is 1.92. The average molecular weight is 340 g/mol. The van der Waals surface area contributed by atoms with Gasteiger partial charge in [0.2, 0.25) is 10.0 Å². The van der Waals surface area contributed by atoms with Gasteiger partial charge in [-0.2, -0.15) is 5.10 Å². The largest absolute Gasteiger partial charge is 0.380 e. The number of halogens is 1. The molecule has 1 heterocycles. The summed E-state index contributed by atoms with van der Waals surface area (Å²) in [5, 5.41) is 5.58. The van der Waals surface area contributed by atoms with Gasteiger partial charge in [0.1, 0.15) is 17.4 Å². The molecule has 1 fully saturated rings. The second kappa shape index (κ2) is 6.25. The number of hydrogen-bond donors (Lipinski definition) is 2. The summed E-state index contributed by atoms with van der Waals surface area (Å²) >= 11 is 0. The molecule has 2 aromatic rings. The molecule has 0 radical (unpaired) electrons. The molecule has 0 amide bonds. The fourth-order valence-corrected chi connectivity index (χ4v) is 4.67. The molecule has 7 nitrogen and oxygen atoms in total. The van der Waals surface area contributed by atoms with Crippen LogP contribution in [0.1, 0.15) is 19.3 Å². The Labute approximate surface area is 133 Å². The Morgan fingerprint density at radius 2 is 2.22 bits per heavy atom. The standard InChI is InChI=1S/C14H17FN4O3S/c1-22-11-6-3-7-12(11)23(20,21)19-10-5-2-4-9(15)13(10)14-16-8-17-18-14/h2,4-5,8,11-12,19H,3,6-7H2,1H3,(H,16,17,18). The fraction of sp³-hybridized carbons (Fsp3) is 0.429. The summed E-state index contributed by atoms with van der Waals surface area (Å²) in [4.78, 5) is 3.90. The number of ether oxygens (including phenoxy) is 1. The fourth-order valence-electron chi connectivity index (χ4n) is 2.92. The summed E-state index contributed by atoms with van der Waals surface area (Å²) < 4.78 is 47.2. The first-order chi connectivity index (χ1) is 11.0. The van der Waals surface area contributed by atoms with Crippen LogP contribution in [0.5, 0.6) is 0 Å². The molecular formula is C14H17FN4O3S. The van der Waals surface area contributed by atoms with Gasteiger partial charge >= 0.3 is 0 Å². The van der Waals surface area contributed by atoms with Gasteiger partial charge in [-0.1, -0.05) is 6.07 Å². The van der Waals surface area contributed by atoms with Crippen LogP contribution < -0.4 is 4.72 Å². The first-order valence-electron chi connectivity index (χ1n) is 7.21. The average Bonchev–Trinajstić information content (AvgIpc) is 3.18. The van der Waals surface area contributed by atoms with E-state index in [1.54, 1.807) is 0 Å². The lowest BCUT2D eigenvalue weighted by molar-refractivity contribution is 0.111. The predicted molar refractivity (Wildman–Crippen MR) is 82.8 cm³/mol. The van der Waals surface area contributed by atoms with Crippen molar-refractivity contribution in [2.24, 2.45) is 0 Å². The van der Waals surface area contributed by atoms with Crippen molar-refractivity contribution in [3.63, 3.8) is 0 Å². The van der Waals surface area contributed by atoms with Crippen LogP contribution in [0.4, 0.5) is 10.1 Å². The van der Waals surface area contributed by atoms with Gasteiger partial charge in [-0.15, -0.1) is 0 Å². The Bertz CT molecular complexity index is 779. The monoisotopic (exact) mass is 340 g/mol.